The van der Waals surface area contributed by atoms with Gasteiger partial charge in [-0.1, -0.05) is 43.6 Å². The van der Waals surface area contributed by atoms with Gasteiger partial charge in [-0.3, -0.25) is 4.79 Å². The molecule has 0 fully saturated rings. The van der Waals surface area contributed by atoms with Gasteiger partial charge in [-0.25, -0.2) is 4.79 Å². The van der Waals surface area contributed by atoms with E-state index in [1.807, 2.05) is 57.2 Å². The molecule has 190 valence electrons. The number of hydrogen-bond donors (Lipinski definition) is 1. The van der Waals surface area contributed by atoms with E-state index in [1.165, 1.54) is 0 Å². The molecule has 1 aliphatic heterocycles. The Morgan fingerprint density at radius 3 is 2.47 bits per heavy atom. The second-order valence-corrected chi connectivity index (χ2v) is 10.1. The summed E-state index contributed by atoms with van der Waals surface area (Å²) in [5.74, 6) is 0.467. The smallest absolute Gasteiger partial charge is 0.336 e. The maximum Gasteiger partial charge on any atom is 0.336 e. The Balaban J connectivity index is 1.75. The maximum absolute atomic E-state index is 13.7. The molecule has 6 nitrogen and oxygen atoms in total. The van der Waals surface area contributed by atoms with Crippen molar-refractivity contribution in [2.24, 2.45) is 5.92 Å². The van der Waals surface area contributed by atoms with E-state index in [0.717, 1.165) is 16.8 Å². The number of hydrogen-bond acceptors (Lipinski definition) is 6. The highest BCUT2D eigenvalue weighted by Crippen LogP contribution is 2.46. The van der Waals surface area contributed by atoms with E-state index in [-0.39, 0.29) is 17.6 Å². The van der Waals surface area contributed by atoms with Crippen LogP contribution < -0.4 is 14.8 Å². The van der Waals surface area contributed by atoms with Gasteiger partial charge in [0.25, 0.3) is 0 Å². The van der Waals surface area contributed by atoms with Crippen molar-refractivity contribution in [1.82, 2.24) is 5.32 Å². The van der Waals surface area contributed by atoms with Crippen LogP contribution in [0.3, 0.4) is 0 Å². The number of benzene rings is 2. The zero-order valence-corrected chi connectivity index (χ0v) is 22.1. The summed E-state index contributed by atoms with van der Waals surface area (Å²) in [6.45, 7) is 6.14. The predicted octanol–water partition coefficient (Wildman–Crippen LogP) is 5.92. The number of Topliss-reactive ketones (excluding diaryl/α,β-unsaturated/α-hetero) is 1. The SMILES string of the molecule is COc1ccc([C@@H]2CC(=O)C3=C(C2)NC(C)=C(C(=O)OCC(C)C)[C@H]3c2cccc(Cl)c2)cc1OC. The van der Waals surface area contributed by atoms with Crippen molar-refractivity contribution in [1.29, 1.82) is 0 Å². The molecule has 36 heavy (non-hydrogen) atoms. The average molecular weight is 510 g/mol. The van der Waals surface area contributed by atoms with Gasteiger partial charge in [-0.05, 0) is 60.6 Å². The minimum atomic E-state index is -0.543. The van der Waals surface area contributed by atoms with Gasteiger partial charge in [-0.15, -0.1) is 0 Å². The van der Waals surface area contributed by atoms with E-state index in [0.29, 0.717) is 52.8 Å². The van der Waals surface area contributed by atoms with E-state index in [1.54, 1.807) is 20.3 Å². The lowest BCUT2D eigenvalue weighted by Crippen LogP contribution is -2.36. The molecule has 2 aromatic carbocycles. The molecule has 0 spiro atoms. The van der Waals surface area contributed by atoms with Crippen LogP contribution in [0.4, 0.5) is 0 Å². The highest BCUT2D eigenvalue weighted by atomic mass is 35.5. The molecule has 0 radical (unpaired) electrons. The van der Waals surface area contributed by atoms with E-state index < -0.39 is 11.9 Å². The van der Waals surface area contributed by atoms with Crippen molar-refractivity contribution >= 4 is 23.4 Å². The number of carbonyl (C=O) groups is 2. The first-order valence-corrected chi connectivity index (χ1v) is 12.5. The first-order valence-electron chi connectivity index (χ1n) is 12.1. The number of carbonyl (C=O) groups excluding carboxylic acids is 2. The van der Waals surface area contributed by atoms with Crippen LogP contribution in [0.2, 0.25) is 5.02 Å². The fourth-order valence-electron chi connectivity index (χ4n) is 4.99. The Bertz CT molecular complexity index is 1250. The number of nitrogens with one attached hydrogen (secondary N) is 1. The van der Waals surface area contributed by atoms with Crippen LogP contribution in [0.25, 0.3) is 0 Å². The van der Waals surface area contributed by atoms with E-state index in [9.17, 15) is 9.59 Å². The molecule has 0 bridgehead atoms. The Labute approximate surface area is 217 Å². The van der Waals surface area contributed by atoms with Crippen LogP contribution in [0.15, 0.2) is 65.0 Å². The molecule has 0 amide bonds. The minimum Gasteiger partial charge on any atom is -0.493 e. The second-order valence-electron chi connectivity index (χ2n) is 9.68. The van der Waals surface area contributed by atoms with Gasteiger partial charge >= 0.3 is 5.97 Å². The number of ether oxygens (including phenoxy) is 3. The molecule has 0 unspecified atom stereocenters. The normalized spacial score (nSPS) is 19.7. The summed E-state index contributed by atoms with van der Waals surface area (Å²) in [5, 5.41) is 3.93. The van der Waals surface area contributed by atoms with Gasteiger partial charge < -0.3 is 19.5 Å². The lowest BCUT2D eigenvalue weighted by molar-refractivity contribution is -0.140. The monoisotopic (exact) mass is 509 g/mol. The summed E-state index contributed by atoms with van der Waals surface area (Å²) in [4.78, 5) is 27.0. The van der Waals surface area contributed by atoms with Crippen LogP contribution in [0.5, 0.6) is 11.5 Å². The highest BCUT2D eigenvalue weighted by molar-refractivity contribution is 6.30. The number of dihydropyridines is 1. The van der Waals surface area contributed by atoms with Crippen molar-refractivity contribution in [3.05, 3.63) is 81.2 Å². The molecule has 2 aliphatic rings. The Hall–Kier alpha value is -3.25. The summed E-state index contributed by atoms with van der Waals surface area (Å²) >= 11 is 6.33. The van der Waals surface area contributed by atoms with E-state index in [4.69, 9.17) is 25.8 Å². The summed E-state index contributed by atoms with van der Waals surface area (Å²) < 4.78 is 16.5. The van der Waals surface area contributed by atoms with E-state index in [2.05, 4.69) is 5.32 Å². The van der Waals surface area contributed by atoms with Crippen LogP contribution in [-0.2, 0) is 14.3 Å². The maximum atomic E-state index is 13.7. The first kappa shape index (κ1) is 25.8. The number of rotatable bonds is 7. The lowest BCUT2D eigenvalue weighted by Gasteiger charge is -2.37. The molecule has 0 aromatic heterocycles. The first-order chi connectivity index (χ1) is 17.2. The van der Waals surface area contributed by atoms with Crippen LogP contribution in [0, 0.1) is 5.92 Å². The Morgan fingerprint density at radius 1 is 1.06 bits per heavy atom. The fourth-order valence-corrected chi connectivity index (χ4v) is 5.19. The average Bonchev–Trinajstić information content (AvgIpc) is 2.85. The van der Waals surface area contributed by atoms with Crippen molar-refractivity contribution in [3.8, 4) is 11.5 Å². The van der Waals surface area contributed by atoms with Crippen LogP contribution in [-0.4, -0.2) is 32.6 Å². The van der Waals surface area contributed by atoms with Crippen LogP contribution >= 0.6 is 11.6 Å². The summed E-state index contributed by atoms with van der Waals surface area (Å²) in [7, 11) is 3.19. The molecule has 1 aliphatic carbocycles. The minimum absolute atomic E-state index is 0.00447. The molecule has 0 saturated heterocycles. The Kier molecular flexibility index (Phi) is 7.74. The zero-order valence-electron chi connectivity index (χ0n) is 21.3. The summed E-state index contributed by atoms with van der Waals surface area (Å²) in [6, 6.07) is 13.1. The molecule has 4 rings (SSSR count). The summed E-state index contributed by atoms with van der Waals surface area (Å²) in [5.41, 5.74) is 4.37. The topological polar surface area (TPSA) is 73.9 Å². The highest BCUT2D eigenvalue weighted by Gasteiger charge is 2.41. The van der Waals surface area contributed by atoms with E-state index >= 15 is 0 Å². The third-order valence-corrected chi connectivity index (χ3v) is 6.89. The standard InChI is InChI=1S/C29H32ClNO5/c1-16(2)15-36-29(33)26-17(3)31-22-12-20(18-9-10-24(34-4)25(14-18)35-5)13-23(32)28(22)27(26)19-7-6-8-21(30)11-19/h6-11,14,16,20,27,31H,12-13,15H2,1-5H3/t20-,27+/m0/s1. The Morgan fingerprint density at radius 2 is 1.81 bits per heavy atom. The number of esters is 1. The van der Waals surface area contributed by atoms with Crippen molar-refractivity contribution in [2.45, 2.75) is 45.4 Å². The lowest BCUT2D eigenvalue weighted by atomic mass is 9.71. The number of ketones is 1. The molecular weight excluding hydrogens is 478 g/mol. The molecule has 0 saturated carbocycles. The summed E-state index contributed by atoms with van der Waals surface area (Å²) in [6.07, 6.45) is 0.944. The van der Waals surface area contributed by atoms with Crippen LogP contribution in [0.1, 0.15) is 56.6 Å². The van der Waals surface area contributed by atoms with Gasteiger partial charge in [0.15, 0.2) is 17.3 Å². The van der Waals surface area contributed by atoms with Crippen molar-refractivity contribution < 1.29 is 23.8 Å². The third-order valence-electron chi connectivity index (χ3n) is 6.66. The molecule has 2 aromatic rings. The largest absolute Gasteiger partial charge is 0.493 e. The van der Waals surface area contributed by atoms with Gasteiger partial charge in [0, 0.05) is 34.3 Å². The molecule has 2 atom stereocenters. The van der Waals surface area contributed by atoms with Crippen molar-refractivity contribution in [3.63, 3.8) is 0 Å². The second kappa shape index (κ2) is 10.8. The predicted molar refractivity (Wildman–Crippen MR) is 139 cm³/mol. The number of halogens is 1. The number of allylic oxidation sites excluding steroid dienone is 3. The van der Waals surface area contributed by atoms with Gasteiger partial charge in [0.05, 0.1) is 26.4 Å². The molecule has 7 heteroatoms. The zero-order chi connectivity index (χ0) is 26.0. The van der Waals surface area contributed by atoms with Gasteiger partial charge in [0.2, 0.25) is 0 Å². The van der Waals surface area contributed by atoms with Crippen molar-refractivity contribution in [2.75, 3.05) is 20.8 Å². The quantitative estimate of drug-likeness (QED) is 0.467. The molecule has 1 heterocycles. The molecule has 1 N–H and O–H groups in total. The van der Waals surface area contributed by atoms with Gasteiger partial charge in [0.1, 0.15) is 0 Å². The fraction of sp³-hybridized carbons (Fsp3) is 0.379. The third kappa shape index (κ3) is 5.14. The molecular formula is C29H32ClNO5. The van der Waals surface area contributed by atoms with Gasteiger partial charge in [-0.2, -0.15) is 0 Å². The number of methoxy groups -OCH3 is 2.